The van der Waals surface area contributed by atoms with Crippen molar-refractivity contribution >= 4 is 36.8 Å². The minimum absolute atomic E-state index is 0.0198. The maximum atomic E-state index is 14.0. The minimum atomic E-state index is -4.52. The van der Waals surface area contributed by atoms with Crippen LogP contribution in [0, 0.1) is 12.7 Å². The molecule has 1 aromatic heterocycles. The molecule has 2 nitrogen and oxygen atoms in total. The highest BCUT2D eigenvalue weighted by Gasteiger charge is 2.33. The van der Waals surface area contributed by atoms with Crippen LogP contribution in [0.2, 0.25) is 0 Å². The molecule has 0 aliphatic rings. The maximum Gasteiger partial charge on any atom is 0.417 e. The molecule has 0 amide bonds. The lowest BCUT2D eigenvalue weighted by Crippen LogP contribution is -2.09. The van der Waals surface area contributed by atoms with Crippen LogP contribution in [0.1, 0.15) is 49.8 Å². The van der Waals surface area contributed by atoms with Gasteiger partial charge < -0.3 is 5.32 Å². The largest absolute Gasteiger partial charge is 0.417 e. The van der Waals surface area contributed by atoms with Crippen LogP contribution in [-0.2, 0) is 6.18 Å². The Hall–Kier alpha value is -3.24. The van der Waals surface area contributed by atoms with Crippen LogP contribution in [-0.4, -0.2) is 4.98 Å². The molecule has 0 saturated carbocycles. The number of halogens is 4. The second-order valence-corrected chi connectivity index (χ2v) is 9.37. The van der Waals surface area contributed by atoms with Crippen molar-refractivity contribution in [3.8, 4) is 11.3 Å². The molecular formula is C30H31F4N2P. The number of hydrogen-bond acceptors (Lipinski definition) is 2. The summed E-state index contributed by atoms with van der Waals surface area (Å²) in [5, 5.41) is 5.22. The summed E-state index contributed by atoms with van der Waals surface area (Å²) < 4.78 is 54.8. The zero-order valence-electron chi connectivity index (χ0n) is 21.2. The smallest absolute Gasteiger partial charge is 0.340 e. The molecule has 0 radical (unpaired) electrons. The first kappa shape index (κ1) is 28.3. The third-order valence-electron chi connectivity index (χ3n) is 5.96. The van der Waals surface area contributed by atoms with Crippen LogP contribution < -0.4 is 10.6 Å². The summed E-state index contributed by atoms with van der Waals surface area (Å²) in [4.78, 5) is 4.51. The molecule has 1 atom stereocenters. The third-order valence-corrected chi connectivity index (χ3v) is 6.56. The van der Waals surface area contributed by atoms with Crippen molar-refractivity contribution in [2.75, 3.05) is 5.32 Å². The number of pyridine rings is 1. The Morgan fingerprint density at radius 1 is 0.973 bits per heavy atom. The van der Waals surface area contributed by atoms with Gasteiger partial charge in [-0.15, -0.1) is 9.24 Å². The summed E-state index contributed by atoms with van der Waals surface area (Å²) in [6.07, 6.45) is -0.442. The van der Waals surface area contributed by atoms with Crippen LogP contribution in [0.5, 0.6) is 0 Å². The van der Waals surface area contributed by atoms with E-state index in [0.717, 1.165) is 11.6 Å². The van der Waals surface area contributed by atoms with Gasteiger partial charge in [0.25, 0.3) is 0 Å². The molecule has 194 valence electrons. The van der Waals surface area contributed by atoms with Gasteiger partial charge in [0.15, 0.2) is 0 Å². The second-order valence-electron chi connectivity index (χ2n) is 8.75. The van der Waals surface area contributed by atoms with Gasteiger partial charge in [0, 0.05) is 22.2 Å². The van der Waals surface area contributed by atoms with Crippen molar-refractivity contribution in [1.82, 2.24) is 4.98 Å². The number of benzene rings is 3. The Balaban J connectivity index is 0.000000695. The van der Waals surface area contributed by atoms with Gasteiger partial charge >= 0.3 is 6.18 Å². The van der Waals surface area contributed by atoms with Gasteiger partial charge in [0.05, 0.1) is 11.3 Å². The van der Waals surface area contributed by atoms with Gasteiger partial charge in [-0.25, -0.2) is 9.37 Å². The van der Waals surface area contributed by atoms with Crippen LogP contribution in [0.25, 0.3) is 27.7 Å². The monoisotopic (exact) mass is 526 g/mol. The Kier molecular flexibility index (Phi) is 9.45. The highest BCUT2D eigenvalue weighted by atomic mass is 31.0. The average molecular weight is 527 g/mol. The molecule has 37 heavy (non-hydrogen) atoms. The molecule has 7 heteroatoms. The normalized spacial score (nSPS) is 11.1. The van der Waals surface area contributed by atoms with E-state index in [1.165, 1.54) is 43.5 Å². The predicted octanol–water partition coefficient (Wildman–Crippen LogP) is 9.15. The predicted molar refractivity (Wildman–Crippen MR) is 151 cm³/mol. The second kappa shape index (κ2) is 12.3. The van der Waals surface area contributed by atoms with Crippen molar-refractivity contribution in [3.05, 3.63) is 95.8 Å². The summed E-state index contributed by atoms with van der Waals surface area (Å²) in [7, 11) is 2.48. The summed E-state index contributed by atoms with van der Waals surface area (Å²) in [5.74, 6) is -0.0710. The van der Waals surface area contributed by atoms with Crippen molar-refractivity contribution in [3.63, 3.8) is 0 Å². The molecule has 0 bridgehead atoms. The molecule has 0 aliphatic heterocycles. The molecule has 4 rings (SSSR count). The maximum absolute atomic E-state index is 14.0. The van der Waals surface area contributed by atoms with Crippen molar-refractivity contribution in [2.24, 2.45) is 0 Å². The Morgan fingerprint density at radius 2 is 1.62 bits per heavy atom. The lowest BCUT2D eigenvalue weighted by atomic mass is 10.0. The van der Waals surface area contributed by atoms with Gasteiger partial charge in [-0.1, -0.05) is 82.2 Å². The van der Waals surface area contributed by atoms with Crippen molar-refractivity contribution < 1.29 is 17.6 Å². The molecular weight excluding hydrogens is 495 g/mol. The number of aromatic nitrogens is 1. The van der Waals surface area contributed by atoms with E-state index >= 15 is 0 Å². The number of nitrogens with zero attached hydrogens (tertiary/aromatic N) is 1. The summed E-state index contributed by atoms with van der Waals surface area (Å²) in [6, 6.07) is 17.0. The van der Waals surface area contributed by atoms with Crippen LogP contribution in [0.15, 0.2) is 73.3 Å². The molecule has 0 saturated heterocycles. The van der Waals surface area contributed by atoms with E-state index < -0.39 is 17.6 Å². The van der Waals surface area contributed by atoms with E-state index in [9.17, 15) is 17.6 Å². The SMILES string of the molecule is C=C(Nc1nc(-c2ccccc2C(F)(F)F)cc2ccccc12)c1cc(F)cc(P)c1C.CCCCC. The van der Waals surface area contributed by atoms with Crippen molar-refractivity contribution in [2.45, 2.75) is 46.2 Å². The Bertz CT molecular complexity index is 1390. The number of anilines is 1. The van der Waals surface area contributed by atoms with Gasteiger partial charge in [0.1, 0.15) is 11.6 Å². The number of nitrogens with one attached hydrogen (secondary N) is 1. The zero-order valence-corrected chi connectivity index (χ0v) is 22.4. The van der Waals surface area contributed by atoms with E-state index in [2.05, 4.69) is 40.0 Å². The van der Waals surface area contributed by atoms with Gasteiger partial charge in [-0.2, -0.15) is 13.2 Å². The van der Waals surface area contributed by atoms with Crippen LogP contribution in [0.4, 0.5) is 23.4 Å². The Labute approximate surface area is 218 Å². The molecule has 1 N–H and O–H groups in total. The highest BCUT2D eigenvalue weighted by molar-refractivity contribution is 7.27. The van der Waals surface area contributed by atoms with E-state index in [1.54, 1.807) is 24.3 Å². The quantitative estimate of drug-likeness (QED) is 0.200. The van der Waals surface area contributed by atoms with Crippen LogP contribution in [0.3, 0.4) is 0 Å². The number of hydrogen-bond donors (Lipinski definition) is 1. The van der Waals surface area contributed by atoms with E-state index in [1.807, 2.05) is 19.1 Å². The standard InChI is InChI=1S/C25H19F4N2P.C5H12/c1-14-20(12-17(26)13-23(14)32)15(2)30-24-18-8-4-3-7-16(18)11-22(31-24)19-9-5-6-10-21(19)25(27,28)29;1-3-5-4-2/h3-13H,2,32H2,1H3,(H,30,31);3-5H2,1-2H3. The first-order chi connectivity index (χ1) is 17.6. The first-order valence-corrected chi connectivity index (χ1v) is 12.7. The van der Waals surface area contributed by atoms with Gasteiger partial charge in [0.2, 0.25) is 0 Å². The summed E-state index contributed by atoms with van der Waals surface area (Å²) in [6.45, 7) is 10.3. The summed E-state index contributed by atoms with van der Waals surface area (Å²) in [5.41, 5.74) is 1.16. The Morgan fingerprint density at radius 3 is 2.27 bits per heavy atom. The number of fused-ring (bicyclic) bond motifs is 1. The van der Waals surface area contributed by atoms with Gasteiger partial charge in [-0.05, 0) is 47.4 Å². The third kappa shape index (κ3) is 6.95. The van der Waals surface area contributed by atoms with E-state index in [-0.39, 0.29) is 11.3 Å². The lowest BCUT2D eigenvalue weighted by Gasteiger charge is -2.17. The molecule has 3 aromatic carbocycles. The molecule has 1 unspecified atom stereocenters. The highest BCUT2D eigenvalue weighted by Crippen LogP contribution is 2.38. The van der Waals surface area contributed by atoms with Gasteiger partial charge in [-0.3, -0.25) is 0 Å². The number of alkyl halides is 3. The number of rotatable bonds is 6. The molecule has 4 aromatic rings. The topological polar surface area (TPSA) is 24.9 Å². The van der Waals surface area contributed by atoms with Crippen LogP contribution >= 0.6 is 9.24 Å². The zero-order chi connectivity index (χ0) is 27.2. The van der Waals surface area contributed by atoms with E-state index in [0.29, 0.717) is 33.2 Å². The summed E-state index contributed by atoms with van der Waals surface area (Å²) >= 11 is 0. The van der Waals surface area contributed by atoms with E-state index in [4.69, 9.17) is 0 Å². The fourth-order valence-electron chi connectivity index (χ4n) is 3.96. The fraction of sp³-hybridized carbons (Fsp3) is 0.233. The fourth-order valence-corrected chi connectivity index (χ4v) is 4.28. The molecule has 1 heterocycles. The lowest BCUT2D eigenvalue weighted by molar-refractivity contribution is -0.137. The van der Waals surface area contributed by atoms with Crippen molar-refractivity contribution in [1.29, 1.82) is 0 Å². The number of unbranched alkanes of at least 4 members (excludes halogenated alkanes) is 2. The minimum Gasteiger partial charge on any atom is -0.340 e. The molecule has 0 spiro atoms. The first-order valence-electron chi connectivity index (χ1n) is 12.1. The molecule has 0 fully saturated rings. The molecule has 0 aliphatic carbocycles. The average Bonchev–Trinajstić information content (AvgIpc) is 2.86.